The maximum absolute atomic E-state index is 5.63. The molecule has 0 unspecified atom stereocenters. The molecule has 7 nitrogen and oxygen atoms in total. The fourth-order valence-electron chi connectivity index (χ4n) is 4.62. The molecule has 0 radical (unpaired) electrons. The lowest BCUT2D eigenvalue weighted by Crippen LogP contribution is -2.25. The summed E-state index contributed by atoms with van der Waals surface area (Å²) in [7, 11) is 0. The largest absolute Gasteiger partial charge is 0.337 e. The SMILES string of the molecule is c1ccc(-c2noc([C@@H]3CCCN3Cc3cncn3C3CCCCC3)n2)nc1. The second-order valence-electron chi connectivity index (χ2n) is 7.88. The first-order valence-corrected chi connectivity index (χ1v) is 10.4. The first kappa shape index (κ1) is 17.6. The zero-order chi connectivity index (χ0) is 18.8. The second-order valence-corrected chi connectivity index (χ2v) is 7.88. The topological polar surface area (TPSA) is 72.9 Å². The quantitative estimate of drug-likeness (QED) is 0.663. The normalized spacial score (nSPS) is 21.4. The standard InChI is InChI=1S/C21H26N6O/c1-2-7-16(8-3-1)27-15-22-13-17(27)14-26-12-6-10-19(26)21-24-20(25-28-21)18-9-4-5-11-23-18/h4-5,9,11,13,15-16,19H,1-3,6-8,10,12,14H2/t19-/m0/s1. The van der Waals surface area contributed by atoms with Crippen LogP contribution in [-0.4, -0.2) is 36.1 Å². The Morgan fingerprint density at radius 3 is 2.86 bits per heavy atom. The maximum Gasteiger partial charge on any atom is 0.244 e. The molecule has 1 aliphatic heterocycles. The van der Waals surface area contributed by atoms with Crippen LogP contribution in [0.1, 0.15) is 68.6 Å². The van der Waals surface area contributed by atoms with Gasteiger partial charge in [0.1, 0.15) is 5.69 Å². The minimum Gasteiger partial charge on any atom is -0.337 e. The van der Waals surface area contributed by atoms with Crippen molar-refractivity contribution in [2.45, 2.75) is 63.6 Å². The Balaban J connectivity index is 1.33. The molecule has 4 heterocycles. The molecular formula is C21H26N6O. The van der Waals surface area contributed by atoms with Crippen molar-refractivity contribution in [2.24, 2.45) is 0 Å². The first-order valence-electron chi connectivity index (χ1n) is 10.4. The van der Waals surface area contributed by atoms with Crippen LogP contribution in [-0.2, 0) is 6.54 Å². The van der Waals surface area contributed by atoms with Crippen LogP contribution < -0.4 is 0 Å². The monoisotopic (exact) mass is 378 g/mol. The number of likely N-dealkylation sites (tertiary alicyclic amines) is 1. The number of pyridine rings is 1. The van der Waals surface area contributed by atoms with E-state index in [1.54, 1.807) is 6.20 Å². The van der Waals surface area contributed by atoms with Gasteiger partial charge in [-0.05, 0) is 44.4 Å². The fourth-order valence-corrected chi connectivity index (χ4v) is 4.62. The summed E-state index contributed by atoms with van der Waals surface area (Å²) in [4.78, 5) is 15.9. The van der Waals surface area contributed by atoms with Gasteiger partial charge in [-0.3, -0.25) is 9.88 Å². The molecule has 1 saturated carbocycles. The van der Waals surface area contributed by atoms with E-state index in [-0.39, 0.29) is 6.04 Å². The molecule has 3 aromatic rings. The third-order valence-electron chi connectivity index (χ3n) is 6.06. The van der Waals surface area contributed by atoms with E-state index in [9.17, 15) is 0 Å². The average molecular weight is 378 g/mol. The van der Waals surface area contributed by atoms with Gasteiger partial charge in [0.05, 0.1) is 18.1 Å². The van der Waals surface area contributed by atoms with E-state index in [1.165, 1.54) is 37.8 Å². The maximum atomic E-state index is 5.63. The number of rotatable bonds is 5. The molecule has 1 atom stereocenters. The molecule has 28 heavy (non-hydrogen) atoms. The molecule has 2 fully saturated rings. The van der Waals surface area contributed by atoms with Gasteiger partial charge >= 0.3 is 0 Å². The van der Waals surface area contributed by atoms with Crippen molar-refractivity contribution in [3.63, 3.8) is 0 Å². The molecule has 0 aromatic carbocycles. The predicted molar refractivity (Wildman–Crippen MR) is 104 cm³/mol. The zero-order valence-electron chi connectivity index (χ0n) is 16.1. The fraction of sp³-hybridized carbons (Fsp3) is 0.524. The summed E-state index contributed by atoms with van der Waals surface area (Å²) in [5, 5.41) is 4.16. The highest BCUT2D eigenvalue weighted by atomic mass is 16.5. The first-order chi connectivity index (χ1) is 13.9. The summed E-state index contributed by atoms with van der Waals surface area (Å²) >= 11 is 0. The van der Waals surface area contributed by atoms with Crippen molar-refractivity contribution in [3.8, 4) is 11.5 Å². The van der Waals surface area contributed by atoms with E-state index in [4.69, 9.17) is 4.52 Å². The molecule has 7 heteroatoms. The molecule has 2 aliphatic rings. The van der Waals surface area contributed by atoms with Crippen molar-refractivity contribution >= 4 is 0 Å². The Morgan fingerprint density at radius 1 is 1.07 bits per heavy atom. The number of nitrogens with zero attached hydrogens (tertiary/aromatic N) is 6. The Labute approximate surface area is 164 Å². The molecule has 3 aromatic heterocycles. The molecular weight excluding hydrogens is 352 g/mol. The van der Waals surface area contributed by atoms with Gasteiger partial charge in [0.2, 0.25) is 11.7 Å². The van der Waals surface area contributed by atoms with Gasteiger partial charge in [0.15, 0.2) is 0 Å². The molecule has 0 bridgehead atoms. The van der Waals surface area contributed by atoms with Crippen molar-refractivity contribution in [3.05, 3.63) is 48.5 Å². The molecule has 0 amide bonds. The summed E-state index contributed by atoms with van der Waals surface area (Å²) in [5.74, 6) is 1.26. The van der Waals surface area contributed by atoms with E-state index in [1.807, 2.05) is 30.7 Å². The highest BCUT2D eigenvalue weighted by Gasteiger charge is 2.32. The Bertz CT molecular complexity index is 899. The molecule has 1 saturated heterocycles. The van der Waals surface area contributed by atoms with Gasteiger partial charge < -0.3 is 9.09 Å². The lowest BCUT2D eigenvalue weighted by atomic mass is 9.95. The van der Waals surface area contributed by atoms with Crippen LogP contribution in [0, 0.1) is 0 Å². The smallest absolute Gasteiger partial charge is 0.244 e. The molecule has 5 rings (SSSR count). The second kappa shape index (κ2) is 7.83. The van der Waals surface area contributed by atoms with Gasteiger partial charge in [-0.2, -0.15) is 4.98 Å². The molecule has 1 aliphatic carbocycles. The molecule has 0 spiro atoms. The summed E-state index contributed by atoms with van der Waals surface area (Å²) in [6.07, 6.45) is 14.5. The van der Waals surface area contributed by atoms with Crippen LogP contribution in [0.2, 0.25) is 0 Å². The summed E-state index contributed by atoms with van der Waals surface area (Å²) < 4.78 is 8.04. The van der Waals surface area contributed by atoms with Crippen LogP contribution in [0.4, 0.5) is 0 Å². The predicted octanol–water partition coefficient (Wildman–Crippen LogP) is 4.17. The van der Waals surface area contributed by atoms with Gasteiger partial charge in [0.25, 0.3) is 0 Å². The van der Waals surface area contributed by atoms with Gasteiger partial charge in [0, 0.05) is 25.0 Å². The lowest BCUT2D eigenvalue weighted by Gasteiger charge is -2.27. The van der Waals surface area contributed by atoms with Crippen LogP contribution in [0.15, 0.2) is 41.4 Å². The highest BCUT2D eigenvalue weighted by molar-refractivity contribution is 5.47. The summed E-state index contributed by atoms with van der Waals surface area (Å²) in [5.41, 5.74) is 2.04. The summed E-state index contributed by atoms with van der Waals surface area (Å²) in [6, 6.07) is 6.50. The van der Waals surface area contributed by atoms with Crippen LogP contribution >= 0.6 is 0 Å². The van der Waals surface area contributed by atoms with Gasteiger partial charge in [-0.15, -0.1) is 0 Å². The number of hydrogen-bond donors (Lipinski definition) is 0. The van der Waals surface area contributed by atoms with Gasteiger partial charge in [-0.25, -0.2) is 4.98 Å². The molecule has 0 N–H and O–H groups in total. The van der Waals surface area contributed by atoms with Crippen LogP contribution in [0.25, 0.3) is 11.5 Å². The van der Waals surface area contributed by atoms with E-state index in [0.29, 0.717) is 17.8 Å². The van der Waals surface area contributed by atoms with E-state index >= 15 is 0 Å². The van der Waals surface area contributed by atoms with Crippen molar-refractivity contribution in [2.75, 3.05) is 6.54 Å². The number of hydrogen-bond acceptors (Lipinski definition) is 6. The van der Waals surface area contributed by atoms with Crippen molar-refractivity contribution < 1.29 is 4.52 Å². The number of imidazole rings is 1. The third kappa shape index (κ3) is 3.46. The summed E-state index contributed by atoms with van der Waals surface area (Å²) in [6.45, 7) is 1.92. The van der Waals surface area contributed by atoms with Gasteiger partial charge in [-0.1, -0.05) is 30.5 Å². The lowest BCUT2D eigenvalue weighted by molar-refractivity contribution is 0.194. The minimum absolute atomic E-state index is 0.166. The minimum atomic E-state index is 0.166. The van der Waals surface area contributed by atoms with E-state index in [0.717, 1.165) is 31.6 Å². The van der Waals surface area contributed by atoms with Crippen LogP contribution in [0.5, 0.6) is 0 Å². The number of aromatic nitrogens is 5. The Morgan fingerprint density at radius 2 is 2.00 bits per heavy atom. The van der Waals surface area contributed by atoms with E-state index in [2.05, 4.69) is 29.6 Å². The van der Waals surface area contributed by atoms with Crippen molar-refractivity contribution in [1.82, 2.24) is 29.6 Å². The van der Waals surface area contributed by atoms with Crippen LogP contribution in [0.3, 0.4) is 0 Å². The third-order valence-corrected chi connectivity index (χ3v) is 6.06. The van der Waals surface area contributed by atoms with E-state index < -0.39 is 0 Å². The zero-order valence-corrected chi connectivity index (χ0v) is 16.1. The van der Waals surface area contributed by atoms with Crippen molar-refractivity contribution in [1.29, 1.82) is 0 Å². The Kier molecular flexibility index (Phi) is 4.91. The molecule has 146 valence electrons. The Hall–Kier alpha value is -2.54. The highest BCUT2D eigenvalue weighted by Crippen LogP contribution is 2.34. The average Bonchev–Trinajstić information content (AvgIpc) is 3.50.